The summed E-state index contributed by atoms with van der Waals surface area (Å²) in [5.74, 6) is -2.07. The van der Waals surface area contributed by atoms with E-state index in [1.807, 2.05) is 0 Å². The molecule has 0 heterocycles. The van der Waals surface area contributed by atoms with E-state index in [9.17, 15) is 13.2 Å². The highest BCUT2D eigenvalue weighted by Crippen LogP contribution is 1.92. The Kier molecular flexibility index (Phi) is 1.63. The third kappa shape index (κ3) is 1.75. The van der Waals surface area contributed by atoms with Gasteiger partial charge >= 0.3 is 6.43 Å². The van der Waals surface area contributed by atoms with Crippen molar-refractivity contribution in [3.8, 4) is 0 Å². The van der Waals surface area contributed by atoms with Crippen LogP contribution in [0.4, 0.5) is 13.2 Å². The monoisotopic (exact) mass is 97.0 g/mol. The topological polar surface area (TPSA) is 23.9 Å². The molecule has 0 amide bonds. The van der Waals surface area contributed by atoms with Crippen LogP contribution >= 0.6 is 0 Å². The Morgan fingerprint density at radius 3 is 1.67 bits per heavy atom. The minimum Gasteiger partial charge on any atom is -0.273 e. The Morgan fingerprint density at radius 2 is 1.67 bits per heavy atom. The standard InChI is InChI=1S/C2H2F3N/c3-1(4)2(5)6/h1,6H. The first kappa shape index (κ1) is 5.46. The van der Waals surface area contributed by atoms with E-state index in [0.717, 1.165) is 0 Å². The number of hydrogen-bond donors (Lipinski definition) is 1. The van der Waals surface area contributed by atoms with Gasteiger partial charge in [0.2, 0.25) is 5.97 Å². The fourth-order valence-corrected chi connectivity index (χ4v) is 0. The fourth-order valence-electron chi connectivity index (χ4n) is 0. The minimum atomic E-state index is -3.23. The van der Waals surface area contributed by atoms with Crippen LogP contribution in [0, 0.1) is 5.41 Å². The Hall–Kier alpha value is -0.540. The van der Waals surface area contributed by atoms with Gasteiger partial charge in [0.1, 0.15) is 0 Å². The molecule has 0 aromatic carbocycles. The molecule has 0 saturated carbocycles. The second kappa shape index (κ2) is 1.79. The summed E-state index contributed by atoms with van der Waals surface area (Å²) in [7, 11) is 0. The molecule has 0 radical (unpaired) electrons. The van der Waals surface area contributed by atoms with Gasteiger partial charge in [-0.15, -0.1) is 0 Å². The summed E-state index contributed by atoms with van der Waals surface area (Å²) in [6, 6.07) is 0. The molecule has 36 valence electrons. The van der Waals surface area contributed by atoms with Crippen molar-refractivity contribution in [2.45, 2.75) is 6.43 Å². The molecule has 1 N–H and O–H groups in total. The number of rotatable bonds is 1. The van der Waals surface area contributed by atoms with Crippen molar-refractivity contribution in [2.24, 2.45) is 0 Å². The van der Waals surface area contributed by atoms with E-state index in [1.165, 1.54) is 0 Å². The predicted octanol–water partition coefficient (Wildman–Crippen LogP) is 1.20. The van der Waals surface area contributed by atoms with E-state index < -0.39 is 12.4 Å². The van der Waals surface area contributed by atoms with E-state index >= 15 is 0 Å². The van der Waals surface area contributed by atoms with Crippen LogP contribution in [0.25, 0.3) is 0 Å². The first-order chi connectivity index (χ1) is 2.64. The van der Waals surface area contributed by atoms with Gasteiger partial charge in [0.25, 0.3) is 0 Å². The van der Waals surface area contributed by atoms with E-state index in [1.54, 1.807) is 0 Å². The Balaban J connectivity index is 3.26. The molecule has 0 saturated heterocycles. The van der Waals surface area contributed by atoms with Crippen LogP contribution < -0.4 is 0 Å². The Morgan fingerprint density at radius 1 is 1.50 bits per heavy atom. The van der Waals surface area contributed by atoms with Crippen LogP contribution in [0.3, 0.4) is 0 Å². The summed E-state index contributed by atoms with van der Waals surface area (Å²) in [5, 5.41) is 5.53. The lowest BCUT2D eigenvalue weighted by Gasteiger charge is -1.82. The van der Waals surface area contributed by atoms with Crippen molar-refractivity contribution in [2.75, 3.05) is 0 Å². The molecule has 0 bridgehead atoms. The molecule has 0 aromatic heterocycles. The molecule has 0 aromatic rings. The van der Waals surface area contributed by atoms with Gasteiger partial charge in [0, 0.05) is 0 Å². The quantitative estimate of drug-likeness (QED) is 0.475. The maximum atomic E-state index is 10.7. The van der Waals surface area contributed by atoms with Crippen LogP contribution in [0.1, 0.15) is 0 Å². The first-order valence-corrected chi connectivity index (χ1v) is 1.16. The van der Waals surface area contributed by atoms with Crippen molar-refractivity contribution in [1.82, 2.24) is 0 Å². The summed E-state index contributed by atoms with van der Waals surface area (Å²) < 4.78 is 31.8. The Bertz CT molecular complexity index is 59.8. The lowest BCUT2D eigenvalue weighted by atomic mass is 10.8. The highest BCUT2D eigenvalue weighted by molar-refractivity contribution is 5.74. The van der Waals surface area contributed by atoms with Crippen molar-refractivity contribution >= 4 is 5.97 Å². The molecular weight excluding hydrogens is 95.0 g/mol. The molecule has 0 aliphatic rings. The van der Waals surface area contributed by atoms with Crippen LogP contribution in [0.15, 0.2) is 0 Å². The molecule has 6 heavy (non-hydrogen) atoms. The van der Waals surface area contributed by atoms with E-state index in [-0.39, 0.29) is 0 Å². The molecular formula is C2H2F3N. The largest absolute Gasteiger partial charge is 0.306 e. The van der Waals surface area contributed by atoms with Crippen LogP contribution in [0.2, 0.25) is 0 Å². The zero-order chi connectivity index (χ0) is 5.15. The van der Waals surface area contributed by atoms with Crippen LogP contribution in [-0.4, -0.2) is 12.4 Å². The smallest absolute Gasteiger partial charge is 0.273 e. The second-order valence-electron chi connectivity index (χ2n) is 0.649. The molecule has 0 rings (SSSR count). The van der Waals surface area contributed by atoms with Gasteiger partial charge in [-0.3, -0.25) is 5.41 Å². The van der Waals surface area contributed by atoms with Crippen LogP contribution in [0.5, 0.6) is 0 Å². The summed E-state index contributed by atoms with van der Waals surface area (Å²) in [6.07, 6.45) is -3.23. The van der Waals surface area contributed by atoms with Gasteiger partial charge < -0.3 is 0 Å². The maximum Gasteiger partial charge on any atom is 0.306 e. The third-order valence-electron chi connectivity index (χ3n) is 0.192. The lowest BCUT2D eigenvalue weighted by molar-refractivity contribution is 0.210. The fraction of sp³-hybridized carbons (Fsp3) is 0.500. The van der Waals surface area contributed by atoms with Gasteiger partial charge in [0.05, 0.1) is 0 Å². The number of halogens is 3. The lowest BCUT2D eigenvalue weighted by Crippen LogP contribution is -1.99. The molecule has 4 heteroatoms. The van der Waals surface area contributed by atoms with Gasteiger partial charge in [-0.25, -0.2) is 8.78 Å². The number of nitrogens with one attached hydrogen (secondary N) is 1. The average Bonchev–Trinajstić information content (AvgIpc) is 1.36. The van der Waals surface area contributed by atoms with Crippen LogP contribution in [-0.2, 0) is 0 Å². The van der Waals surface area contributed by atoms with Gasteiger partial charge in [-0.2, -0.15) is 4.39 Å². The predicted molar refractivity (Wildman–Crippen MR) is 14.8 cm³/mol. The maximum absolute atomic E-state index is 10.7. The van der Waals surface area contributed by atoms with Gasteiger partial charge in [-0.05, 0) is 0 Å². The first-order valence-electron chi connectivity index (χ1n) is 1.16. The van der Waals surface area contributed by atoms with Gasteiger partial charge in [-0.1, -0.05) is 0 Å². The molecule has 0 atom stereocenters. The average molecular weight is 97.0 g/mol. The summed E-state index contributed by atoms with van der Waals surface area (Å²) in [6.45, 7) is 0. The number of hydrogen-bond acceptors (Lipinski definition) is 1. The highest BCUT2D eigenvalue weighted by Gasteiger charge is 2.06. The van der Waals surface area contributed by atoms with Crippen molar-refractivity contribution in [1.29, 1.82) is 5.41 Å². The molecule has 0 aliphatic heterocycles. The number of alkyl halides is 2. The van der Waals surface area contributed by atoms with E-state index in [4.69, 9.17) is 5.41 Å². The molecule has 0 fully saturated rings. The van der Waals surface area contributed by atoms with Crippen molar-refractivity contribution in [3.63, 3.8) is 0 Å². The second-order valence-corrected chi connectivity index (χ2v) is 0.649. The Labute approximate surface area is 32.3 Å². The van der Waals surface area contributed by atoms with Crippen molar-refractivity contribution < 1.29 is 13.2 Å². The summed E-state index contributed by atoms with van der Waals surface area (Å²) in [5.41, 5.74) is 0. The summed E-state index contributed by atoms with van der Waals surface area (Å²) in [4.78, 5) is 0. The van der Waals surface area contributed by atoms with Crippen molar-refractivity contribution in [3.05, 3.63) is 0 Å². The molecule has 0 aliphatic carbocycles. The van der Waals surface area contributed by atoms with Gasteiger partial charge in [0.15, 0.2) is 0 Å². The minimum absolute atomic E-state index is 2.07. The highest BCUT2D eigenvalue weighted by atomic mass is 19.3. The molecule has 1 nitrogen and oxygen atoms in total. The normalized spacial score (nSPS) is 9.33. The zero-order valence-electron chi connectivity index (χ0n) is 2.71. The van der Waals surface area contributed by atoms with E-state index in [2.05, 4.69) is 0 Å². The van der Waals surface area contributed by atoms with E-state index in [0.29, 0.717) is 0 Å². The zero-order valence-corrected chi connectivity index (χ0v) is 2.71. The molecule has 0 spiro atoms. The third-order valence-corrected chi connectivity index (χ3v) is 0.192. The SMILES string of the molecule is N=C(F)C(F)F. The summed E-state index contributed by atoms with van der Waals surface area (Å²) >= 11 is 0. The molecule has 0 unspecified atom stereocenters.